The van der Waals surface area contributed by atoms with Crippen molar-refractivity contribution in [2.24, 2.45) is 0 Å². The molecule has 0 N–H and O–H groups in total. The molecule has 0 spiro atoms. The normalized spacial score (nSPS) is 14.3. The molecule has 0 bridgehead atoms. The van der Waals surface area contributed by atoms with E-state index in [4.69, 9.17) is 4.74 Å². The van der Waals surface area contributed by atoms with Gasteiger partial charge >= 0.3 is 0 Å². The van der Waals surface area contributed by atoms with Crippen molar-refractivity contribution >= 4 is 32.7 Å². The van der Waals surface area contributed by atoms with Gasteiger partial charge in [-0.25, -0.2) is 4.98 Å². The number of hydrogen-bond donors (Lipinski definition) is 0. The first kappa shape index (κ1) is 20.0. The largest absolute Gasteiger partial charge is 0.378 e. The zero-order valence-electron chi connectivity index (χ0n) is 17.0. The molecular weight excluding hydrogens is 456 g/mol. The highest BCUT2D eigenvalue weighted by atomic mass is 79.9. The van der Waals surface area contributed by atoms with E-state index in [1.807, 2.05) is 48.9 Å². The van der Waals surface area contributed by atoms with Gasteiger partial charge in [-0.05, 0) is 35.4 Å². The Kier molecular flexibility index (Phi) is 5.38. The Bertz CT molecular complexity index is 1300. The van der Waals surface area contributed by atoms with Gasteiger partial charge in [0.05, 0.1) is 31.6 Å². The van der Waals surface area contributed by atoms with Crippen LogP contribution in [0.3, 0.4) is 0 Å². The molecule has 4 aromatic rings. The van der Waals surface area contributed by atoms with Gasteiger partial charge in [0.2, 0.25) is 0 Å². The number of aromatic nitrogens is 3. The van der Waals surface area contributed by atoms with E-state index >= 15 is 0 Å². The maximum Gasteiger partial charge on any atom is 0.251 e. The van der Waals surface area contributed by atoms with Crippen LogP contribution in [0.15, 0.2) is 70.3 Å². The molecule has 1 aliphatic rings. The average molecular weight is 478 g/mol. The van der Waals surface area contributed by atoms with Crippen LogP contribution in [0.25, 0.3) is 22.2 Å². The lowest BCUT2D eigenvalue weighted by Crippen LogP contribution is -2.36. The van der Waals surface area contributed by atoms with Crippen LogP contribution in [0.5, 0.6) is 0 Å². The van der Waals surface area contributed by atoms with Crippen LogP contribution in [0, 0.1) is 7.05 Å². The van der Waals surface area contributed by atoms with Crippen LogP contribution in [-0.4, -0.2) is 40.4 Å². The molecule has 6 nitrogen and oxygen atoms in total. The average Bonchev–Trinajstić information content (AvgIpc) is 3.12. The molecule has 1 aromatic carbocycles. The zero-order chi connectivity index (χ0) is 21.4. The molecule has 0 unspecified atom stereocenters. The fourth-order valence-electron chi connectivity index (χ4n) is 4.02. The van der Waals surface area contributed by atoms with Crippen molar-refractivity contribution < 1.29 is 4.74 Å². The standard InChI is InChI=1S/C24H22BrN4O2/c1-27-16-22(21-13-20(14-26-24(21)27)28-7-9-31-10-8-28)18-5-6-29(23(30)12-18)15-17-3-2-4-19(25)11-17/h2-6,11-14,16H,1,7-10,15H2. The molecule has 1 radical (unpaired) electrons. The highest BCUT2D eigenvalue weighted by Gasteiger charge is 2.16. The van der Waals surface area contributed by atoms with Gasteiger partial charge in [0, 0.05) is 54.0 Å². The highest BCUT2D eigenvalue weighted by Crippen LogP contribution is 2.31. The number of halogens is 1. The number of rotatable bonds is 4. The van der Waals surface area contributed by atoms with E-state index in [2.05, 4.69) is 38.9 Å². The molecule has 0 saturated carbocycles. The van der Waals surface area contributed by atoms with Gasteiger partial charge in [0.15, 0.2) is 0 Å². The van der Waals surface area contributed by atoms with Crippen molar-refractivity contribution in [1.82, 2.24) is 14.1 Å². The lowest BCUT2D eigenvalue weighted by molar-refractivity contribution is 0.122. The Morgan fingerprint density at radius 1 is 1.13 bits per heavy atom. The van der Waals surface area contributed by atoms with Gasteiger partial charge in [-0.1, -0.05) is 28.1 Å². The highest BCUT2D eigenvalue weighted by molar-refractivity contribution is 9.10. The third kappa shape index (κ3) is 4.03. The molecule has 1 saturated heterocycles. The first-order valence-corrected chi connectivity index (χ1v) is 11.0. The summed E-state index contributed by atoms with van der Waals surface area (Å²) in [6.07, 6.45) is 5.67. The van der Waals surface area contributed by atoms with Crippen molar-refractivity contribution in [2.75, 3.05) is 31.2 Å². The molecule has 1 fully saturated rings. The van der Waals surface area contributed by atoms with Crippen LogP contribution in [0.2, 0.25) is 0 Å². The number of hydrogen-bond acceptors (Lipinski definition) is 4. The van der Waals surface area contributed by atoms with Crippen molar-refractivity contribution in [3.8, 4) is 11.1 Å². The second-order valence-electron chi connectivity index (χ2n) is 7.69. The molecule has 3 aromatic heterocycles. The molecule has 157 valence electrons. The molecule has 0 aliphatic carbocycles. The van der Waals surface area contributed by atoms with Gasteiger partial charge in [0.25, 0.3) is 5.56 Å². The van der Waals surface area contributed by atoms with E-state index in [0.717, 1.165) is 64.2 Å². The van der Waals surface area contributed by atoms with Crippen molar-refractivity contribution in [1.29, 1.82) is 0 Å². The topological polar surface area (TPSA) is 52.3 Å². The minimum absolute atomic E-state index is 0.0419. The summed E-state index contributed by atoms with van der Waals surface area (Å²) in [4.78, 5) is 19.8. The molecule has 31 heavy (non-hydrogen) atoms. The SMILES string of the molecule is [CH2]n1cc(-c2ccn(Cc3cccc(Br)c3)c(=O)c2)c2cc(N3CCOCC3)cnc21. The van der Waals surface area contributed by atoms with Gasteiger partial charge in [-0.15, -0.1) is 0 Å². The van der Waals surface area contributed by atoms with Crippen LogP contribution in [0.1, 0.15) is 5.56 Å². The monoisotopic (exact) mass is 477 g/mol. The second kappa shape index (κ2) is 8.32. The molecule has 4 heterocycles. The van der Waals surface area contributed by atoms with E-state index < -0.39 is 0 Å². The zero-order valence-corrected chi connectivity index (χ0v) is 18.6. The summed E-state index contributed by atoms with van der Waals surface area (Å²) in [6.45, 7) is 3.66. The fourth-order valence-corrected chi connectivity index (χ4v) is 4.47. The number of benzene rings is 1. The van der Waals surface area contributed by atoms with Gasteiger partial charge in [-0.2, -0.15) is 0 Å². The molecular formula is C24H22BrN4O2. The van der Waals surface area contributed by atoms with Crippen molar-refractivity contribution in [2.45, 2.75) is 6.54 Å². The minimum Gasteiger partial charge on any atom is -0.378 e. The predicted molar refractivity (Wildman–Crippen MR) is 126 cm³/mol. The lowest BCUT2D eigenvalue weighted by atomic mass is 10.1. The summed E-state index contributed by atoms with van der Waals surface area (Å²) < 4.78 is 9.94. The number of morpholine rings is 1. The number of fused-ring (bicyclic) bond motifs is 1. The minimum atomic E-state index is -0.0419. The van der Waals surface area contributed by atoms with E-state index in [0.29, 0.717) is 6.54 Å². The van der Waals surface area contributed by atoms with Gasteiger partial charge < -0.3 is 18.8 Å². The smallest absolute Gasteiger partial charge is 0.251 e. The molecule has 5 rings (SSSR count). The first-order valence-electron chi connectivity index (χ1n) is 10.2. The van der Waals surface area contributed by atoms with Crippen molar-refractivity contribution in [3.63, 3.8) is 0 Å². The van der Waals surface area contributed by atoms with Crippen LogP contribution in [-0.2, 0) is 11.3 Å². The Labute approximate surface area is 188 Å². The Balaban J connectivity index is 1.51. The Morgan fingerprint density at radius 3 is 2.74 bits per heavy atom. The third-order valence-electron chi connectivity index (χ3n) is 5.62. The summed E-state index contributed by atoms with van der Waals surface area (Å²) >= 11 is 3.48. The molecule has 7 heteroatoms. The number of anilines is 1. The van der Waals surface area contributed by atoms with Gasteiger partial charge in [0.1, 0.15) is 5.65 Å². The first-order chi connectivity index (χ1) is 15.1. The van der Waals surface area contributed by atoms with E-state index in [1.54, 1.807) is 15.2 Å². The second-order valence-corrected chi connectivity index (χ2v) is 8.60. The number of ether oxygens (including phenoxy) is 1. The van der Waals surface area contributed by atoms with Crippen molar-refractivity contribution in [3.05, 3.63) is 88.5 Å². The maximum atomic E-state index is 12.9. The quantitative estimate of drug-likeness (QED) is 0.442. The summed E-state index contributed by atoms with van der Waals surface area (Å²) in [6, 6.07) is 13.8. The fraction of sp³-hybridized carbons (Fsp3) is 0.208. The summed E-state index contributed by atoms with van der Waals surface area (Å²) in [5, 5.41) is 0.989. The number of pyridine rings is 2. The maximum absolute atomic E-state index is 12.9. The Morgan fingerprint density at radius 2 is 1.97 bits per heavy atom. The van der Waals surface area contributed by atoms with Crippen LogP contribution >= 0.6 is 15.9 Å². The molecule has 1 aliphatic heterocycles. The van der Waals surface area contributed by atoms with E-state index in [1.165, 1.54) is 0 Å². The number of nitrogens with zero attached hydrogens (tertiary/aromatic N) is 4. The Hall–Kier alpha value is -2.90. The van der Waals surface area contributed by atoms with Crippen LogP contribution < -0.4 is 10.5 Å². The van der Waals surface area contributed by atoms with Gasteiger partial charge in [-0.3, -0.25) is 4.79 Å². The van der Waals surface area contributed by atoms with Crippen LogP contribution in [0.4, 0.5) is 5.69 Å². The predicted octanol–water partition coefficient (Wildman–Crippen LogP) is 4.15. The lowest BCUT2D eigenvalue weighted by Gasteiger charge is -2.28. The summed E-state index contributed by atoms with van der Waals surface area (Å²) in [5.74, 6) is 0. The van der Waals surface area contributed by atoms with E-state index in [-0.39, 0.29) is 5.56 Å². The third-order valence-corrected chi connectivity index (χ3v) is 6.12. The summed E-state index contributed by atoms with van der Waals surface area (Å²) in [5.41, 5.74) is 4.71. The summed E-state index contributed by atoms with van der Waals surface area (Å²) in [7, 11) is 4.07. The molecule has 0 atom stereocenters. The molecule has 0 amide bonds. The van der Waals surface area contributed by atoms with E-state index in [9.17, 15) is 4.79 Å².